The van der Waals surface area contributed by atoms with Crippen molar-refractivity contribution < 1.29 is 4.79 Å². The summed E-state index contributed by atoms with van der Waals surface area (Å²) in [4.78, 5) is 13.5. The Bertz CT molecular complexity index is 360. The number of nitrogens with zero attached hydrogens (tertiary/aromatic N) is 1. The van der Waals surface area contributed by atoms with Gasteiger partial charge in [-0.05, 0) is 40.9 Å². The lowest BCUT2D eigenvalue weighted by atomic mass is 10.2. The average Bonchev–Trinajstić information content (AvgIpc) is 3.00. The number of rotatable bonds is 2. The number of hydrogen-bond donors (Lipinski definition) is 0. The smallest absolute Gasteiger partial charge is 0.229 e. The molecule has 0 N–H and O–H groups in total. The van der Waals surface area contributed by atoms with Crippen LogP contribution in [0.1, 0.15) is 12.8 Å². The largest absolute Gasteiger partial charge is 0.314 e. The van der Waals surface area contributed by atoms with Crippen LogP contribution < -0.4 is 4.90 Å². The number of anilines is 1. The molecule has 0 atom stereocenters. The summed E-state index contributed by atoms with van der Waals surface area (Å²) in [7, 11) is 1.83. The van der Waals surface area contributed by atoms with E-state index in [1.165, 1.54) is 0 Å². The summed E-state index contributed by atoms with van der Waals surface area (Å²) in [5.41, 5.74) is 0.949. The Labute approximate surface area is 92.0 Å². The maximum absolute atomic E-state index is 11.8. The molecule has 74 valence electrons. The highest BCUT2D eigenvalue weighted by atomic mass is 79.9. The van der Waals surface area contributed by atoms with Gasteiger partial charge in [-0.25, -0.2) is 0 Å². The number of amides is 1. The molecule has 1 aromatic carbocycles. The van der Waals surface area contributed by atoms with Crippen molar-refractivity contribution in [2.24, 2.45) is 5.92 Å². The van der Waals surface area contributed by atoms with Crippen molar-refractivity contribution in [2.75, 3.05) is 11.9 Å². The van der Waals surface area contributed by atoms with Gasteiger partial charge in [0.1, 0.15) is 0 Å². The van der Waals surface area contributed by atoms with E-state index in [0.29, 0.717) is 0 Å². The van der Waals surface area contributed by atoms with E-state index in [4.69, 9.17) is 0 Å². The second-order valence-corrected chi connectivity index (χ2v) is 4.48. The van der Waals surface area contributed by atoms with Crippen molar-refractivity contribution in [1.29, 1.82) is 0 Å². The molecule has 2 rings (SSSR count). The molecule has 1 amide bonds. The SMILES string of the molecule is CN(C(=O)C1CC1)c1ccccc1Br. The van der Waals surface area contributed by atoms with Gasteiger partial charge in [-0.2, -0.15) is 0 Å². The Hall–Kier alpha value is -0.830. The molecule has 1 aliphatic rings. The van der Waals surface area contributed by atoms with E-state index in [2.05, 4.69) is 15.9 Å². The number of hydrogen-bond acceptors (Lipinski definition) is 1. The van der Waals surface area contributed by atoms with E-state index in [9.17, 15) is 4.79 Å². The van der Waals surface area contributed by atoms with Crippen LogP contribution in [0.2, 0.25) is 0 Å². The Morgan fingerprint density at radius 3 is 2.64 bits per heavy atom. The van der Waals surface area contributed by atoms with E-state index in [0.717, 1.165) is 23.0 Å². The molecule has 1 aromatic rings. The first-order valence-electron chi connectivity index (χ1n) is 4.72. The molecular formula is C11H12BrNO. The molecule has 2 nitrogen and oxygen atoms in total. The number of para-hydroxylation sites is 1. The first-order valence-corrected chi connectivity index (χ1v) is 5.51. The lowest BCUT2D eigenvalue weighted by Crippen LogP contribution is -2.27. The molecule has 0 radical (unpaired) electrons. The van der Waals surface area contributed by atoms with Gasteiger partial charge >= 0.3 is 0 Å². The molecule has 1 aliphatic carbocycles. The van der Waals surface area contributed by atoms with Crippen LogP contribution in [-0.2, 0) is 4.79 Å². The standard InChI is InChI=1S/C11H12BrNO/c1-13(11(14)8-6-7-8)10-5-3-2-4-9(10)12/h2-5,8H,6-7H2,1H3. The van der Waals surface area contributed by atoms with Crippen LogP contribution in [0.25, 0.3) is 0 Å². The third-order valence-electron chi connectivity index (χ3n) is 2.47. The van der Waals surface area contributed by atoms with Crippen LogP contribution in [0.3, 0.4) is 0 Å². The molecule has 0 bridgehead atoms. The summed E-state index contributed by atoms with van der Waals surface area (Å²) in [6.45, 7) is 0. The Kier molecular flexibility index (Phi) is 2.59. The van der Waals surface area contributed by atoms with Crippen LogP contribution in [0, 0.1) is 5.92 Å². The maximum atomic E-state index is 11.8. The minimum absolute atomic E-state index is 0.233. The first-order chi connectivity index (χ1) is 6.70. The minimum atomic E-state index is 0.233. The number of halogens is 1. The van der Waals surface area contributed by atoms with Crippen LogP contribution in [-0.4, -0.2) is 13.0 Å². The van der Waals surface area contributed by atoms with Crippen molar-refractivity contribution >= 4 is 27.5 Å². The lowest BCUT2D eigenvalue weighted by Gasteiger charge is -2.18. The van der Waals surface area contributed by atoms with Gasteiger partial charge in [0, 0.05) is 17.4 Å². The van der Waals surface area contributed by atoms with E-state index < -0.39 is 0 Å². The summed E-state index contributed by atoms with van der Waals surface area (Å²) < 4.78 is 0.969. The molecule has 0 heterocycles. The Morgan fingerprint density at radius 1 is 1.43 bits per heavy atom. The highest BCUT2D eigenvalue weighted by molar-refractivity contribution is 9.10. The lowest BCUT2D eigenvalue weighted by molar-refractivity contribution is -0.119. The van der Waals surface area contributed by atoms with Crippen molar-refractivity contribution in [3.05, 3.63) is 28.7 Å². The third kappa shape index (κ3) is 1.82. The molecule has 14 heavy (non-hydrogen) atoms. The minimum Gasteiger partial charge on any atom is -0.314 e. The van der Waals surface area contributed by atoms with Gasteiger partial charge < -0.3 is 4.90 Å². The molecular weight excluding hydrogens is 242 g/mol. The normalized spacial score (nSPS) is 15.3. The predicted octanol–water partition coefficient (Wildman–Crippen LogP) is 2.82. The molecule has 0 aromatic heterocycles. The average molecular weight is 254 g/mol. The van der Waals surface area contributed by atoms with Crippen LogP contribution >= 0.6 is 15.9 Å². The van der Waals surface area contributed by atoms with Crippen molar-refractivity contribution in [3.63, 3.8) is 0 Å². The molecule has 3 heteroatoms. The van der Waals surface area contributed by atoms with Gasteiger partial charge in [-0.15, -0.1) is 0 Å². The van der Waals surface area contributed by atoms with Crippen molar-refractivity contribution in [1.82, 2.24) is 0 Å². The number of benzene rings is 1. The van der Waals surface area contributed by atoms with Crippen molar-refractivity contribution in [2.45, 2.75) is 12.8 Å². The third-order valence-corrected chi connectivity index (χ3v) is 3.14. The zero-order valence-electron chi connectivity index (χ0n) is 8.03. The van der Waals surface area contributed by atoms with Gasteiger partial charge in [0.25, 0.3) is 0 Å². The summed E-state index contributed by atoms with van der Waals surface area (Å²) in [5.74, 6) is 0.504. The van der Waals surface area contributed by atoms with E-state index >= 15 is 0 Å². The fourth-order valence-corrected chi connectivity index (χ4v) is 2.00. The zero-order valence-corrected chi connectivity index (χ0v) is 9.62. The van der Waals surface area contributed by atoms with Crippen LogP contribution in [0.5, 0.6) is 0 Å². The van der Waals surface area contributed by atoms with E-state index in [1.54, 1.807) is 4.90 Å². The van der Waals surface area contributed by atoms with Gasteiger partial charge in [0.2, 0.25) is 5.91 Å². The summed E-state index contributed by atoms with van der Waals surface area (Å²) in [6, 6.07) is 7.79. The van der Waals surface area contributed by atoms with Crippen LogP contribution in [0.15, 0.2) is 28.7 Å². The second kappa shape index (κ2) is 3.73. The van der Waals surface area contributed by atoms with Gasteiger partial charge in [0.15, 0.2) is 0 Å². The van der Waals surface area contributed by atoms with E-state index in [-0.39, 0.29) is 11.8 Å². The van der Waals surface area contributed by atoms with Gasteiger partial charge in [-0.3, -0.25) is 4.79 Å². The highest BCUT2D eigenvalue weighted by Crippen LogP contribution is 2.34. The number of carbonyl (C=O) groups excluding carboxylic acids is 1. The summed E-state index contributed by atoms with van der Waals surface area (Å²) in [6.07, 6.45) is 2.10. The molecule has 0 saturated heterocycles. The molecule has 0 aliphatic heterocycles. The van der Waals surface area contributed by atoms with E-state index in [1.807, 2.05) is 31.3 Å². The quantitative estimate of drug-likeness (QED) is 0.794. The maximum Gasteiger partial charge on any atom is 0.229 e. The Morgan fingerprint density at radius 2 is 2.07 bits per heavy atom. The zero-order chi connectivity index (χ0) is 10.1. The van der Waals surface area contributed by atoms with Crippen LogP contribution in [0.4, 0.5) is 5.69 Å². The number of carbonyl (C=O) groups is 1. The van der Waals surface area contributed by atoms with Gasteiger partial charge in [0.05, 0.1) is 5.69 Å². The molecule has 1 fully saturated rings. The topological polar surface area (TPSA) is 20.3 Å². The second-order valence-electron chi connectivity index (χ2n) is 3.62. The predicted molar refractivity (Wildman–Crippen MR) is 60.3 cm³/mol. The fraction of sp³-hybridized carbons (Fsp3) is 0.364. The molecule has 0 spiro atoms. The highest BCUT2D eigenvalue weighted by Gasteiger charge is 2.32. The fourth-order valence-electron chi connectivity index (χ4n) is 1.45. The molecule has 0 unspecified atom stereocenters. The summed E-state index contributed by atoms with van der Waals surface area (Å²) in [5, 5.41) is 0. The molecule has 1 saturated carbocycles. The Balaban J connectivity index is 2.21. The van der Waals surface area contributed by atoms with Gasteiger partial charge in [-0.1, -0.05) is 12.1 Å². The monoisotopic (exact) mass is 253 g/mol. The first kappa shape index (κ1) is 9.71. The van der Waals surface area contributed by atoms with Crippen molar-refractivity contribution in [3.8, 4) is 0 Å². The summed E-state index contributed by atoms with van der Waals surface area (Å²) >= 11 is 3.44.